The molecule has 90 valence electrons. The number of sulfonamides is 1. The second-order valence-corrected chi connectivity index (χ2v) is 6.01. The van der Waals surface area contributed by atoms with Crippen LogP contribution in [0.4, 0.5) is 0 Å². The van der Waals surface area contributed by atoms with Gasteiger partial charge in [-0.25, -0.2) is 8.42 Å². The Bertz CT molecular complexity index is 277. The molecule has 0 rings (SSSR count). The first-order chi connectivity index (χ1) is 6.97. The summed E-state index contributed by atoms with van der Waals surface area (Å²) in [6.45, 7) is 8.28. The van der Waals surface area contributed by atoms with Crippen molar-refractivity contribution in [2.24, 2.45) is 5.92 Å². The first-order valence-electron chi connectivity index (χ1n) is 5.12. The quantitative estimate of drug-likeness (QED) is 0.491. The Balaban J connectivity index is 4.55. The minimum atomic E-state index is -3.18. The molecule has 3 nitrogen and oxygen atoms in total. The first kappa shape index (κ1) is 14.9. The maximum absolute atomic E-state index is 11.9. The molecule has 0 spiro atoms. The van der Waals surface area contributed by atoms with E-state index in [1.54, 1.807) is 6.08 Å². The fourth-order valence-corrected chi connectivity index (χ4v) is 3.33. The van der Waals surface area contributed by atoms with Crippen molar-refractivity contribution in [3.8, 4) is 0 Å². The third-order valence-corrected chi connectivity index (χ3v) is 4.59. The Hall–Kier alpha value is -0.0600. The third-order valence-electron chi connectivity index (χ3n) is 1.96. The summed E-state index contributed by atoms with van der Waals surface area (Å²) in [6, 6.07) is 0. The molecular weight excluding hydrogens is 234 g/mol. The average molecular weight is 254 g/mol. The summed E-state index contributed by atoms with van der Waals surface area (Å²) in [5.74, 6) is 0.471. The minimum Gasteiger partial charge on any atom is -0.212 e. The lowest BCUT2D eigenvalue weighted by atomic mass is 10.3. The molecule has 0 N–H and O–H groups in total. The summed E-state index contributed by atoms with van der Waals surface area (Å²) in [6.07, 6.45) is 2.42. The molecule has 0 aromatic heterocycles. The summed E-state index contributed by atoms with van der Waals surface area (Å²) in [5, 5.41) is 0. The van der Waals surface area contributed by atoms with Gasteiger partial charge in [0.2, 0.25) is 10.0 Å². The van der Waals surface area contributed by atoms with E-state index in [2.05, 4.69) is 6.58 Å². The van der Waals surface area contributed by atoms with Gasteiger partial charge in [0.05, 0.1) is 5.75 Å². The number of hydrogen-bond acceptors (Lipinski definition) is 2. The van der Waals surface area contributed by atoms with Crippen molar-refractivity contribution >= 4 is 21.6 Å². The lowest BCUT2D eigenvalue weighted by Gasteiger charge is -2.21. The zero-order valence-corrected chi connectivity index (χ0v) is 11.0. The van der Waals surface area contributed by atoms with E-state index in [4.69, 9.17) is 11.6 Å². The molecule has 5 heteroatoms. The van der Waals surface area contributed by atoms with Crippen LogP contribution in [0.25, 0.3) is 0 Å². The highest BCUT2D eigenvalue weighted by Gasteiger charge is 2.22. The van der Waals surface area contributed by atoms with Crippen LogP contribution in [0, 0.1) is 5.92 Å². The molecule has 0 aromatic rings. The van der Waals surface area contributed by atoms with Gasteiger partial charge in [0, 0.05) is 19.0 Å². The second kappa shape index (κ2) is 7.25. The lowest BCUT2D eigenvalue weighted by Crippen LogP contribution is -2.35. The maximum atomic E-state index is 11.9. The van der Waals surface area contributed by atoms with E-state index in [0.29, 0.717) is 19.0 Å². The van der Waals surface area contributed by atoms with Gasteiger partial charge >= 0.3 is 0 Å². The third kappa shape index (κ3) is 5.54. The van der Waals surface area contributed by atoms with Crippen molar-refractivity contribution in [3.05, 3.63) is 12.7 Å². The molecule has 0 radical (unpaired) electrons. The van der Waals surface area contributed by atoms with E-state index in [0.717, 1.165) is 6.42 Å². The normalized spacial score (nSPS) is 14.1. The van der Waals surface area contributed by atoms with Crippen LogP contribution >= 0.6 is 11.6 Å². The summed E-state index contributed by atoms with van der Waals surface area (Å²) < 4.78 is 25.3. The van der Waals surface area contributed by atoms with Gasteiger partial charge in [-0.3, -0.25) is 0 Å². The lowest BCUT2D eigenvalue weighted by molar-refractivity contribution is 0.436. The fraction of sp³-hybridized carbons (Fsp3) is 0.800. The van der Waals surface area contributed by atoms with Crippen molar-refractivity contribution in [3.63, 3.8) is 0 Å². The molecule has 0 amide bonds. The van der Waals surface area contributed by atoms with E-state index in [1.807, 2.05) is 13.8 Å². The van der Waals surface area contributed by atoms with E-state index in [9.17, 15) is 8.42 Å². The van der Waals surface area contributed by atoms with Gasteiger partial charge in [-0.15, -0.1) is 18.2 Å². The van der Waals surface area contributed by atoms with Crippen LogP contribution in [-0.2, 0) is 10.0 Å². The minimum absolute atomic E-state index is 0.0131. The molecule has 0 aliphatic heterocycles. The Morgan fingerprint density at radius 1 is 1.53 bits per heavy atom. The summed E-state index contributed by atoms with van der Waals surface area (Å²) in [4.78, 5) is 0. The van der Waals surface area contributed by atoms with E-state index in [-0.39, 0.29) is 11.7 Å². The summed E-state index contributed by atoms with van der Waals surface area (Å²) in [5.41, 5.74) is 0. The predicted molar refractivity (Wildman–Crippen MR) is 65.7 cm³/mol. The van der Waals surface area contributed by atoms with Gasteiger partial charge in [0.15, 0.2) is 0 Å². The van der Waals surface area contributed by atoms with Crippen molar-refractivity contribution in [1.82, 2.24) is 4.31 Å². The molecule has 1 atom stereocenters. The highest BCUT2D eigenvalue weighted by Crippen LogP contribution is 2.09. The molecule has 0 bridgehead atoms. The predicted octanol–water partition coefficient (Wildman–Crippen LogP) is 2.09. The zero-order valence-electron chi connectivity index (χ0n) is 9.45. The Morgan fingerprint density at radius 3 is 2.53 bits per heavy atom. The van der Waals surface area contributed by atoms with Crippen LogP contribution in [0.1, 0.15) is 20.3 Å². The Morgan fingerprint density at radius 2 is 2.13 bits per heavy atom. The molecular formula is C10H20ClNO2S. The van der Waals surface area contributed by atoms with Gasteiger partial charge in [-0.2, -0.15) is 4.31 Å². The van der Waals surface area contributed by atoms with Gasteiger partial charge < -0.3 is 0 Å². The SMILES string of the molecule is C=CCN(CCC)S(=O)(=O)CC(C)CCl. The molecule has 0 aliphatic carbocycles. The largest absolute Gasteiger partial charge is 0.214 e. The maximum Gasteiger partial charge on any atom is 0.214 e. The highest BCUT2D eigenvalue weighted by molar-refractivity contribution is 7.89. The average Bonchev–Trinajstić information content (AvgIpc) is 2.16. The van der Waals surface area contributed by atoms with E-state index in [1.165, 1.54) is 4.31 Å². The van der Waals surface area contributed by atoms with Crippen LogP contribution in [0.5, 0.6) is 0 Å². The number of hydrogen-bond donors (Lipinski definition) is 0. The molecule has 0 heterocycles. The number of nitrogens with zero attached hydrogens (tertiary/aromatic N) is 1. The van der Waals surface area contributed by atoms with Crippen molar-refractivity contribution < 1.29 is 8.42 Å². The van der Waals surface area contributed by atoms with Gasteiger partial charge in [-0.1, -0.05) is 19.9 Å². The van der Waals surface area contributed by atoms with Crippen LogP contribution in [0.15, 0.2) is 12.7 Å². The van der Waals surface area contributed by atoms with E-state index < -0.39 is 10.0 Å². The van der Waals surface area contributed by atoms with Crippen molar-refractivity contribution in [1.29, 1.82) is 0 Å². The Labute approximate surface area is 98.2 Å². The molecule has 0 fully saturated rings. The summed E-state index contributed by atoms with van der Waals surface area (Å²) in [7, 11) is -3.18. The first-order valence-corrected chi connectivity index (χ1v) is 7.27. The van der Waals surface area contributed by atoms with Crippen LogP contribution in [0.3, 0.4) is 0 Å². The van der Waals surface area contributed by atoms with Gasteiger partial charge in [0.1, 0.15) is 0 Å². The van der Waals surface area contributed by atoms with E-state index >= 15 is 0 Å². The van der Waals surface area contributed by atoms with Gasteiger partial charge in [-0.05, 0) is 12.3 Å². The van der Waals surface area contributed by atoms with Crippen LogP contribution in [0.2, 0.25) is 0 Å². The number of rotatable bonds is 8. The standard InChI is InChI=1S/C10H20ClNO2S/c1-4-6-12(7-5-2)15(13,14)9-10(3)8-11/h4,10H,1,5-9H2,2-3H3. The molecule has 0 aliphatic rings. The van der Waals surface area contributed by atoms with Crippen LogP contribution < -0.4 is 0 Å². The molecule has 0 saturated heterocycles. The smallest absolute Gasteiger partial charge is 0.212 e. The molecule has 1 unspecified atom stereocenters. The van der Waals surface area contributed by atoms with Crippen molar-refractivity contribution in [2.45, 2.75) is 20.3 Å². The number of halogens is 1. The number of alkyl halides is 1. The summed E-state index contributed by atoms with van der Waals surface area (Å²) >= 11 is 5.61. The molecule has 15 heavy (non-hydrogen) atoms. The topological polar surface area (TPSA) is 37.4 Å². The monoisotopic (exact) mass is 253 g/mol. The van der Waals surface area contributed by atoms with Crippen LogP contribution in [-0.4, -0.2) is 37.4 Å². The second-order valence-electron chi connectivity index (χ2n) is 3.68. The zero-order chi connectivity index (χ0) is 11.9. The Kier molecular flexibility index (Phi) is 7.22. The van der Waals surface area contributed by atoms with Gasteiger partial charge in [0.25, 0.3) is 0 Å². The molecule has 0 aromatic carbocycles. The van der Waals surface area contributed by atoms with Crippen molar-refractivity contribution in [2.75, 3.05) is 24.7 Å². The molecule has 0 saturated carbocycles. The fourth-order valence-electron chi connectivity index (χ4n) is 1.25. The highest BCUT2D eigenvalue weighted by atomic mass is 35.5.